The summed E-state index contributed by atoms with van der Waals surface area (Å²) < 4.78 is 35.9. The largest absolute Gasteiger partial charge is 0.435 e. The lowest BCUT2D eigenvalue weighted by Gasteiger charge is -2.12. The van der Waals surface area contributed by atoms with Gasteiger partial charge in [-0.25, -0.2) is 10.3 Å². The van der Waals surface area contributed by atoms with Crippen molar-refractivity contribution in [2.24, 2.45) is 4.99 Å². The highest BCUT2D eigenvalue weighted by Crippen LogP contribution is 2.29. The summed E-state index contributed by atoms with van der Waals surface area (Å²) in [5.41, 5.74) is -1.59. The van der Waals surface area contributed by atoms with Crippen LogP contribution in [-0.4, -0.2) is 18.3 Å². The Morgan fingerprint density at radius 2 is 2.00 bits per heavy atom. The molecule has 0 unspecified atom stereocenters. The molecule has 1 aliphatic heterocycles. The Balaban J connectivity index is 3.00. The van der Waals surface area contributed by atoms with E-state index in [0.717, 1.165) is 6.92 Å². The van der Waals surface area contributed by atoms with E-state index >= 15 is 0 Å². The number of carbonyl (C=O) groups is 1. The maximum absolute atomic E-state index is 12.0. The van der Waals surface area contributed by atoms with Gasteiger partial charge in [-0.2, -0.15) is 13.2 Å². The van der Waals surface area contributed by atoms with Crippen LogP contribution in [0.3, 0.4) is 0 Å². The van der Waals surface area contributed by atoms with Crippen LogP contribution in [0.15, 0.2) is 16.4 Å². The van der Waals surface area contributed by atoms with Crippen LogP contribution in [0.5, 0.6) is 0 Å². The number of rotatable bonds is 0. The molecule has 0 saturated heterocycles. The van der Waals surface area contributed by atoms with Crippen LogP contribution >= 0.6 is 0 Å². The highest BCUT2D eigenvalue weighted by molar-refractivity contribution is 6.27. The molecule has 1 heterocycles. The second-order valence-corrected chi connectivity index (χ2v) is 2.07. The third-order valence-corrected chi connectivity index (χ3v) is 1.14. The highest BCUT2D eigenvalue weighted by atomic mass is 19.4. The first kappa shape index (κ1) is 8.76. The number of halogens is 3. The van der Waals surface area contributed by atoms with E-state index in [1.807, 2.05) is 0 Å². The molecule has 0 aliphatic carbocycles. The fourth-order valence-corrected chi connectivity index (χ4v) is 0.683. The van der Waals surface area contributed by atoms with Crippen molar-refractivity contribution in [3.63, 3.8) is 0 Å². The second kappa shape index (κ2) is 2.62. The molecule has 64 valence electrons. The summed E-state index contributed by atoms with van der Waals surface area (Å²) in [5.74, 6) is -0.888. The fraction of sp³-hybridized carbons (Fsp3) is 0.333. The number of hydrogen-bond donors (Lipinski definition) is 0. The quantitative estimate of drug-likeness (QED) is 0.540. The van der Waals surface area contributed by atoms with Crippen molar-refractivity contribution in [1.82, 2.24) is 5.32 Å². The van der Waals surface area contributed by atoms with E-state index in [1.165, 1.54) is 0 Å². The summed E-state index contributed by atoms with van der Waals surface area (Å²) in [6.45, 7) is 1.07. The van der Waals surface area contributed by atoms with E-state index in [2.05, 4.69) is 10.3 Å². The number of hydrogen-bond acceptors (Lipinski definition) is 2. The predicted octanol–water partition coefficient (Wildman–Crippen LogP) is 0.873. The molecule has 0 saturated carbocycles. The first-order chi connectivity index (χ1) is 5.41. The van der Waals surface area contributed by atoms with Gasteiger partial charge in [0.2, 0.25) is 0 Å². The lowest BCUT2D eigenvalue weighted by molar-refractivity contribution is -0.114. The molecular formula is C6H3F3N2O. The molecule has 0 aromatic heterocycles. The second-order valence-electron chi connectivity index (χ2n) is 2.07. The van der Waals surface area contributed by atoms with Gasteiger partial charge in [0.15, 0.2) is 11.9 Å². The Morgan fingerprint density at radius 3 is 2.42 bits per heavy atom. The molecule has 6 heteroatoms. The predicted molar refractivity (Wildman–Crippen MR) is 33.3 cm³/mol. The van der Waals surface area contributed by atoms with Gasteiger partial charge in [-0.1, -0.05) is 0 Å². The van der Waals surface area contributed by atoms with E-state index in [4.69, 9.17) is 0 Å². The molecule has 0 fully saturated rings. The van der Waals surface area contributed by atoms with E-state index in [-0.39, 0.29) is 0 Å². The van der Waals surface area contributed by atoms with Crippen LogP contribution in [0.2, 0.25) is 0 Å². The lowest BCUT2D eigenvalue weighted by Crippen LogP contribution is -2.25. The van der Waals surface area contributed by atoms with E-state index in [9.17, 15) is 18.0 Å². The van der Waals surface area contributed by atoms with Crippen LogP contribution in [0.4, 0.5) is 13.2 Å². The third kappa shape index (κ3) is 1.63. The molecular weight excluding hydrogens is 173 g/mol. The highest BCUT2D eigenvalue weighted by Gasteiger charge is 2.37. The molecule has 0 aromatic carbocycles. The standard InChI is InChI=1S/C6H3F3N2O/c1-3-5(6(7,8)9)10-2-4(12)11-3/h1H3. The number of allylic oxidation sites excluding steroid dienone is 2. The Morgan fingerprint density at radius 1 is 1.42 bits per heavy atom. The number of amides is 1. The average molecular weight is 176 g/mol. The van der Waals surface area contributed by atoms with Crippen LogP contribution in [0.1, 0.15) is 6.92 Å². The first-order valence-electron chi connectivity index (χ1n) is 2.92. The molecule has 0 bridgehead atoms. The zero-order valence-electron chi connectivity index (χ0n) is 5.94. The van der Waals surface area contributed by atoms with Gasteiger partial charge in [0, 0.05) is 0 Å². The number of alkyl halides is 3. The molecule has 12 heavy (non-hydrogen) atoms. The van der Waals surface area contributed by atoms with Gasteiger partial charge in [0.05, 0.1) is 5.70 Å². The van der Waals surface area contributed by atoms with Gasteiger partial charge in [-0.15, -0.1) is 0 Å². The smallest absolute Gasteiger partial charge is 0.265 e. The fourth-order valence-electron chi connectivity index (χ4n) is 0.683. The minimum Gasteiger partial charge on any atom is -0.265 e. The Kier molecular flexibility index (Phi) is 1.91. The topological polar surface area (TPSA) is 43.5 Å². The van der Waals surface area contributed by atoms with Crippen molar-refractivity contribution < 1.29 is 18.0 Å². The summed E-state index contributed by atoms with van der Waals surface area (Å²) in [4.78, 5) is 13.2. The minimum atomic E-state index is -4.57. The summed E-state index contributed by atoms with van der Waals surface area (Å²) in [5, 5.41) is 3.05. The van der Waals surface area contributed by atoms with Crippen LogP contribution in [0.25, 0.3) is 0 Å². The summed E-state index contributed by atoms with van der Waals surface area (Å²) >= 11 is 0. The summed E-state index contributed by atoms with van der Waals surface area (Å²) in [6, 6.07) is 0. The Bertz CT molecular complexity index is 277. The van der Waals surface area contributed by atoms with E-state index < -0.39 is 23.5 Å². The normalized spacial score (nSPS) is 18.2. The zero-order valence-corrected chi connectivity index (χ0v) is 5.94. The van der Waals surface area contributed by atoms with Crippen molar-refractivity contribution in [2.45, 2.75) is 13.1 Å². The average Bonchev–Trinajstić information content (AvgIpc) is 1.83. The number of aliphatic imine (C=N–C) groups is 1. The molecule has 1 rings (SSSR count). The molecule has 0 N–H and O–H groups in total. The Hall–Kier alpha value is -1.33. The molecule has 0 aromatic rings. The lowest BCUT2D eigenvalue weighted by atomic mass is 10.3. The van der Waals surface area contributed by atoms with E-state index in [1.54, 1.807) is 6.21 Å². The number of carbonyl (C=O) groups excluding carboxylic acids is 1. The van der Waals surface area contributed by atoms with Gasteiger partial charge in [0.25, 0.3) is 5.91 Å². The van der Waals surface area contributed by atoms with Crippen molar-refractivity contribution >= 4 is 12.1 Å². The van der Waals surface area contributed by atoms with Gasteiger partial charge < -0.3 is 0 Å². The van der Waals surface area contributed by atoms with Gasteiger partial charge in [-0.3, -0.25) is 4.79 Å². The minimum absolute atomic E-state index is 0.425. The van der Waals surface area contributed by atoms with Crippen molar-refractivity contribution in [1.29, 1.82) is 0 Å². The summed E-state index contributed by atoms with van der Waals surface area (Å²) in [6.07, 6.45) is -2.96. The van der Waals surface area contributed by atoms with Crippen molar-refractivity contribution in [3.8, 4) is 0 Å². The molecule has 0 atom stereocenters. The summed E-state index contributed by atoms with van der Waals surface area (Å²) in [7, 11) is 0. The van der Waals surface area contributed by atoms with Crippen molar-refractivity contribution in [3.05, 3.63) is 11.4 Å². The van der Waals surface area contributed by atoms with Gasteiger partial charge in [0.1, 0.15) is 0 Å². The van der Waals surface area contributed by atoms with Crippen LogP contribution in [-0.2, 0) is 4.79 Å². The molecule has 0 spiro atoms. The maximum Gasteiger partial charge on any atom is 0.435 e. The molecule has 1 amide bonds. The van der Waals surface area contributed by atoms with Gasteiger partial charge in [-0.05, 0) is 6.92 Å². The SMILES string of the molecule is CC1=C(C(F)(F)F)N=[C]C(=O)[N]1. The number of nitrogens with zero attached hydrogens (tertiary/aromatic N) is 2. The van der Waals surface area contributed by atoms with E-state index in [0.29, 0.717) is 0 Å². The zero-order chi connectivity index (χ0) is 9.35. The molecule has 1 aliphatic rings. The maximum atomic E-state index is 12.0. The van der Waals surface area contributed by atoms with Crippen molar-refractivity contribution in [2.75, 3.05) is 0 Å². The molecule has 2 radical (unpaired) electrons. The third-order valence-electron chi connectivity index (χ3n) is 1.14. The van der Waals surface area contributed by atoms with Crippen LogP contribution < -0.4 is 5.32 Å². The molecule has 3 nitrogen and oxygen atoms in total. The monoisotopic (exact) mass is 176 g/mol. The Labute approximate surface area is 66.0 Å². The van der Waals surface area contributed by atoms with Gasteiger partial charge >= 0.3 is 6.18 Å². The first-order valence-corrected chi connectivity index (χ1v) is 2.92. The van der Waals surface area contributed by atoms with Crippen LogP contribution in [0, 0.1) is 0 Å².